The largest absolute Gasteiger partial charge is 0.366 e. The van der Waals surface area contributed by atoms with E-state index < -0.39 is 0 Å². The summed E-state index contributed by atoms with van der Waals surface area (Å²) in [4.78, 5) is 6.07. The van der Waals surface area contributed by atoms with Gasteiger partial charge in [0.25, 0.3) is 0 Å². The molecule has 0 saturated heterocycles. The molecule has 11 heavy (non-hydrogen) atoms. The van der Waals surface area contributed by atoms with Gasteiger partial charge < -0.3 is 4.90 Å². The van der Waals surface area contributed by atoms with Crippen LogP contribution in [0.1, 0.15) is 32.6 Å². The summed E-state index contributed by atoms with van der Waals surface area (Å²) in [5.41, 5.74) is 0. The second-order valence-electron chi connectivity index (χ2n) is 2.91. The summed E-state index contributed by atoms with van der Waals surface area (Å²) in [5.74, 6) is 0. The van der Waals surface area contributed by atoms with Crippen LogP contribution >= 0.6 is 0 Å². The van der Waals surface area contributed by atoms with Crippen molar-refractivity contribution in [2.75, 3.05) is 20.6 Å². The number of unbranched alkanes of at least 4 members (excludes halogenated alkanes) is 3. The Bertz CT molecular complexity index is 99.7. The Morgan fingerprint density at radius 2 is 2.00 bits per heavy atom. The zero-order chi connectivity index (χ0) is 8.53. The van der Waals surface area contributed by atoms with Crippen LogP contribution in [0, 0.1) is 0 Å². The lowest BCUT2D eigenvalue weighted by atomic mass is 10.2. The van der Waals surface area contributed by atoms with E-state index in [2.05, 4.69) is 23.9 Å². The third-order valence-corrected chi connectivity index (χ3v) is 1.68. The number of hydrogen-bond donors (Lipinski definition) is 0. The van der Waals surface area contributed by atoms with Gasteiger partial charge in [0.15, 0.2) is 0 Å². The predicted molar refractivity (Wildman–Crippen MR) is 51.2 cm³/mol. The smallest absolute Gasteiger partial charge is 0.0843 e. The molecule has 0 saturated carbocycles. The normalized spacial score (nSPS) is 10.8. The Kier molecular flexibility index (Phi) is 7.21. The predicted octanol–water partition coefficient (Wildman–Crippen LogP) is 2.16. The highest BCUT2D eigenvalue weighted by Gasteiger charge is 1.90. The van der Waals surface area contributed by atoms with Crippen molar-refractivity contribution in [3.63, 3.8) is 0 Å². The minimum Gasteiger partial charge on any atom is -0.366 e. The molecule has 0 aliphatic heterocycles. The number of nitrogens with zero attached hydrogens (tertiary/aromatic N) is 2. The summed E-state index contributed by atoms with van der Waals surface area (Å²) in [7, 11) is 3.88. The van der Waals surface area contributed by atoms with E-state index in [-0.39, 0.29) is 0 Å². The monoisotopic (exact) mass is 156 g/mol. The first kappa shape index (κ1) is 10.5. The average Bonchev–Trinajstić information content (AvgIpc) is 1.99. The van der Waals surface area contributed by atoms with Gasteiger partial charge in [-0.15, -0.1) is 0 Å². The molecule has 2 nitrogen and oxygen atoms in total. The summed E-state index contributed by atoms with van der Waals surface area (Å²) in [6.07, 6.45) is 7.18. The summed E-state index contributed by atoms with van der Waals surface area (Å²) >= 11 is 0. The topological polar surface area (TPSA) is 15.6 Å². The van der Waals surface area contributed by atoms with Crippen molar-refractivity contribution in [2.24, 2.45) is 4.99 Å². The molecule has 0 N–H and O–H groups in total. The third kappa shape index (κ3) is 7.37. The average molecular weight is 156 g/mol. The van der Waals surface area contributed by atoms with Gasteiger partial charge in [-0.3, -0.25) is 4.99 Å². The lowest BCUT2D eigenvalue weighted by Crippen LogP contribution is -2.17. The van der Waals surface area contributed by atoms with Gasteiger partial charge in [-0.2, -0.15) is 0 Å². The molecule has 0 heterocycles. The lowest BCUT2D eigenvalue weighted by molar-refractivity contribution is 0.482. The summed E-state index contributed by atoms with van der Waals surface area (Å²) in [5, 5.41) is 0. The fourth-order valence-electron chi connectivity index (χ4n) is 1.04. The first-order chi connectivity index (χ1) is 5.31. The molecule has 0 aliphatic rings. The van der Waals surface area contributed by atoms with Crippen LogP contribution in [0.5, 0.6) is 0 Å². The number of aliphatic imine (C=N–C) groups is 1. The Morgan fingerprint density at radius 3 is 2.55 bits per heavy atom. The fraction of sp³-hybridized carbons (Fsp3) is 0.889. The standard InChI is InChI=1S/C9H20N2/c1-4-5-6-7-8-11(3)9-10-2/h9H,4-8H2,1-3H3. The molecule has 0 fully saturated rings. The highest BCUT2D eigenvalue weighted by atomic mass is 15.1. The lowest BCUT2D eigenvalue weighted by Gasteiger charge is -2.11. The van der Waals surface area contributed by atoms with Gasteiger partial charge in [0.2, 0.25) is 0 Å². The molecule has 2 heteroatoms. The molecule has 0 aromatic rings. The summed E-state index contributed by atoms with van der Waals surface area (Å²) in [6.45, 7) is 3.37. The summed E-state index contributed by atoms with van der Waals surface area (Å²) < 4.78 is 0. The molecule has 0 atom stereocenters. The second kappa shape index (κ2) is 7.58. The molecule has 0 amide bonds. The second-order valence-corrected chi connectivity index (χ2v) is 2.91. The van der Waals surface area contributed by atoms with Crippen molar-refractivity contribution in [2.45, 2.75) is 32.6 Å². The van der Waals surface area contributed by atoms with Crippen molar-refractivity contribution in [3.05, 3.63) is 0 Å². The quantitative estimate of drug-likeness (QED) is 0.327. The highest BCUT2D eigenvalue weighted by Crippen LogP contribution is 1.98. The molecule has 0 aliphatic carbocycles. The van der Waals surface area contributed by atoms with E-state index in [1.165, 1.54) is 25.7 Å². The molecular weight excluding hydrogens is 136 g/mol. The fourth-order valence-corrected chi connectivity index (χ4v) is 1.04. The van der Waals surface area contributed by atoms with Crippen LogP contribution in [-0.2, 0) is 0 Å². The van der Waals surface area contributed by atoms with E-state index in [0.717, 1.165) is 6.54 Å². The number of hydrogen-bond acceptors (Lipinski definition) is 1. The minimum atomic E-state index is 1.14. The van der Waals surface area contributed by atoms with Crippen LogP contribution in [0.3, 0.4) is 0 Å². The van der Waals surface area contributed by atoms with Gasteiger partial charge in [-0.1, -0.05) is 26.2 Å². The molecule has 0 bridgehead atoms. The van der Waals surface area contributed by atoms with E-state index in [1.54, 1.807) is 0 Å². The molecule has 0 aromatic heterocycles. The Balaban J connectivity index is 3.10. The third-order valence-electron chi connectivity index (χ3n) is 1.68. The van der Waals surface area contributed by atoms with Gasteiger partial charge >= 0.3 is 0 Å². The van der Waals surface area contributed by atoms with E-state index in [9.17, 15) is 0 Å². The molecular formula is C9H20N2. The maximum absolute atomic E-state index is 3.94. The van der Waals surface area contributed by atoms with Crippen molar-refractivity contribution >= 4 is 6.34 Å². The first-order valence-electron chi connectivity index (χ1n) is 4.43. The molecule has 0 rings (SSSR count). The molecule has 0 spiro atoms. The molecule has 66 valence electrons. The van der Waals surface area contributed by atoms with Crippen LogP contribution in [0.15, 0.2) is 4.99 Å². The molecule has 0 radical (unpaired) electrons. The first-order valence-corrected chi connectivity index (χ1v) is 4.43. The van der Waals surface area contributed by atoms with Gasteiger partial charge in [0.05, 0.1) is 6.34 Å². The van der Waals surface area contributed by atoms with Crippen LogP contribution in [0.25, 0.3) is 0 Å². The molecule has 0 aromatic carbocycles. The van der Waals surface area contributed by atoms with E-state index >= 15 is 0 Å². The Labute approximate surface area is 70.3 Å². The van der Waals surface area contributed by atoms with Crippen LogP contribution < -0.4 is 0 Å². The zero-order valence-electron chi connectivity index (χ0n) is 8.01. The summed E-state index contributed by atoms with van der Waals surface area (Å²) in [6, 6.07) is 0. The maximum Gasteiger partial charge on any atom is 0.0843 e. The van der Waals surface area contributed by atoms with Crippen LogP contribution in [0.4, 0.5) is 0 Å². The van der Waals surface area contributed by atoms with Gasteiger partial charge in [-0.05, 0) is 6.42 Å². The van der Waals surface area contributed by atoms with Gasteiger partial charge in [0, 0.05) is 20.6 Å². The van der Waals surface area contributed by atoms with Crippen molar-refractivity contribution in [1.29, 1.82) is 0 Å². The number of rotatable bonds is 6. The van der Waals surface area contributed by atoms with E-state index in [1.807, 2.05) is 13.4 Å². The zero-order valence-corrected chi connectivity index (χ0v) is 8.01. The Hall–Kier alpha value is -0.530. The SMILES string of the molecule is CCCCCCN(C)C=NC. The Morgan fingerprint density at radius 1 is 1.27 bits per heavy atom. The molecule has 0 unspecified atom stereocenters. The van der Waals surface area contributed by atoms with Crippen molar-refractivity contribution in [1.82, 2.24) is 4.90 Å². The van der Waals surface area contributed by atoms with Crippen molar-refractivity contribution in [3.8, 4) is 0 Å². The highest BCUT2D eigenvalue weighted by molar-refractivity contribution is 5.53. The van der Waals surface area contributed by atoms with Gasteiger partial charge in [0.1, 0.15) is 0 Å². The van der Waals surface area contributed by atoms with Crippen LogP contribution in [-0.4, -0.2) is 31.9 Å². The minimum absolute atomic E-state index is 1.14. The van der Waals surface area contributed by atoms with Crippen molar-refractivity contribution < 1.29 is 0 Å². The maximum atomic E-state index is 3.94. The van der Waals surface area contributed by atoms with Crippen LogP contribution in [0.2, 0.25) is 0 Å². The van der Waals surface area contributed by atoms with E-state index in [4.69, 9.17) is 0 Å². The van der Waals surface area contributed by atoms with E-state index in [0.29, 0.717) is 0 Å². The van der Waals surface area contributed by atoms with Gasteiger partial charge in [-0.25, -0.2) is 0 Å².